The molecular formula is C17H22N2O. The third-order valence-electron chi connectivity index (χ3n) is 5.35. The quantitative estimate of drug-likeness (QED) is 0.786. The first-order valence-electron chi connectivity index (χ1n) is 7.92. The molecule has 3 heteroatoms. The van der Waals surface area contributed by atoms with Gasteiger partial charge in [0, 0.05) is 38.3 Å². The van der Waals surface area contributed by atoms with Crippen molar-refractivity contribution in [2.24, 2.45) is 0 Å². The predicted octanol–water partition coefficient (Wildman–Crippen LogP) is 2.14. The van der Waals surface area contributed by atoms with E-state index in [9.17, 15) is 4.79 Å². The van der Waals surface area contributed by atoms with Crippen LogP contribution in [-0.2, 0) is 0 Å². The van der Waals surface area contributed by atoms with E-state index in [-0.39, 0.29) is 6.04 Å². The molecule has 0 aromatic heterocycles. The lowest BCUT2D eigenvalue weighted by molar-refractivity contribution is 0.0158. The molecule has 1 aromatic carbocycles. The Kier molecular flexibility index (Phi) is 3.12. The number of piperazine rings is 3. The first-order chi connectivity index (χ1) is 9.83. The molecule has 1 aliphatic carbocycles. The van der Waals surface area contributed by atoms with E-state index in [0.717, 1.165) is 38.3 Å². The average molecular weight is 270 g/mol. The zero-order chi connectivity index (χ0) is 13.5. The van der Waals surface area contributed by atoms with Crippen LogP contribution in [0.1, 0.15) is 41.1 Å². The van der Waals surface area contributed by atoms with Crippen molar-refractivity contribution in [1.29, 1.82) is 0 Å². The molecule has 5 rings (SSSR count). The highest BCUT2D eigenvalue weighted by atomic mass is 16.1. The van der Waals surface area contributed by atoms with Gasteiger partial charge in [0.05, 0.1) is 6.04 Å². The van der Waals surface area contributed by atoms with Gasteiger partial charge in [-0.1, -0.05) is 30.7 Å². The van der Waals surface area contributed by atoms with Crippen LogP contribution in [0.4, 0.5) is 0 Å². The largest absolute Gasteiger partial charge is 0.299 e. The molecule has 0 N–H and O–H groups in total. The Morgan fingerprint density at radius 1 is 1.05 bits per heavy atom. The number of ketones is 1. The van der Waals surface area contributed by atoms with Crippen LogP contribution in [0.5, 0.6) is 0 Å². The van der Waals surface area contributed by atoms with Crippen molar-refractivity contribution in [3.63, 3.8) is 0 Å². The van der Waals surface area contributed by atoms with E-state index in [1.54, 1.807) is 0 Å². The fraction of sp³-hybridized carbons (Fsp3) is 0.588. The maximum absolute atomic E-state index is 13.0. The highest BCUT2D eigenvalue weighted by Gasteiger charge is 2.37. The van der Waals surface area contributed by atoms with Gasteiger partial charge < -0.3 is 0 Å². The van der Waals surface area contributed by atoms with E-state index < -0.39 is 0 Å². The minimum absolute atomic E-state index is 0.0960. The normalized spacial score (nSPS) is 32.9. The van der Waals surface area contributed by atoms with Gasteiger partial charge in [-0.05, 0) is 24.3 Å². The van der Waals surface area contributed by atoms with Crippen LogP contribution in [0.15, 0.2) is 24.3 Å². The van der Waals surface area contributed by atoms with Crippen LogP contribution < -0.4 is 0 Å². The number of hydrogen-bond acceptors (Lipinski definition) is 3. The summed E-state index contributed by atoms with van der Waals surface area (Å²) < 4.78 is 0. The summed E-state index contributed by atoms with van der Waals surface area (Å²) >= 11 is 0. The SMILES string of the molecule is O=C(c1ccccc1C1CCC1)C1CN2CCN1CC2. The first-order valence-corrected chi connectivity index (χ1v) is 7.92. The predicted molar refractivity (Wildman–Crippen MR) is 79.2 cm³/mol. The molecule has 106 valence electrons. The highest BCUT2D eigenvalue weighted by Crippen LogP contribution is 2.38. The van der Waals surface area contributed by atoms with E-state index in [2.05, 4.69) is 28.0 Å². The van der Waals surface area contributed by atoms with Crippen LogP contribution in [0.3, 0.4) is 0 Å². The number of nitrogens with zero attached hydrogens (tertiary/aromatic N) is 2. The van der Waals surface area contributed by atoms with Crippen molar-refractivity contribution in [2.75, 3.05) is 32.7 Å². The highest BCUT2D eigenvalue weighted by molar-refractivity contribution is 6.01. The Morgan fingerprint density at radius 2 is 1.80 bits per heavy atom. The lowest BCUT2D eigenvalue weighted by atomic mass is 9.77. The Morgan fingerprint density at radius 3 is 2.40 bits per heavy atom. The molecule has 3 nitrogen and oxygen atoms in total. The second kappa shape index (κ2) is 4.97. The van der Waals surface area contributed by atoms with Crippen LogP contribution >= 0.6 is 0 Å². The monoisotopic (exact) mass is 270 g/mol. The molecule has 0 spiro atoms. The molecule has 4 aliphatic rings. The third kappa shape index (κ3) is 2.00. The van der Waals surface area contributed by atoms with Gasteiger partial charge in [0.15, 0.2) is 5.78 Å². The molecule has 4 fully saturated rings. The maximum Gasteiger partial charge on any atom is 0.181 e. The minimum Gasteiger partial charge on any atom is -0.299 e. The summed E-state index contributed by atoms with van der Waals surface area (Å²) in [6.45, 7) is 5.31. The van der Waals surface area contributed by atoms with E-state index in [1.807, 2.05) is 6.07 Å². The molecule has 2 bridgehead atoms. The Hall–Kier alpha value is -1.19. The van der Waals surface area contributed by atoms with Crippen LogP contribution in [0, 0.1) is 0 Å². The topological polar surface area (TPSA) is 23.6 Å². The summed E-state index contributed by atoms with van der Waals surface area (Å²) in [5.74, 6) is 0.989. The molecule has 20 heavy (non-hydrogen) atoms. The Balaban J connectivity index is 1.62. The number of fused-ring (bicyclic) bond motifs is 3. The van der Waals surface area contributed by atoms with Crippen LogP contribution in [-0.4, -0.2) is 54.3 Å². The summed E-state index contributed by atoms with van der Waals surface area (Å²) in [6, 6.07) is 8.43. The van der Waals surface area contributed by atoms with Crippen molar-refractivity contribution < 1.29 is 4.79 Å². The summed E-state index contributed by atoms with van der Waals surface area (Å²) in [7, 11) is 0. The standard InChI is InChI=1S/C17H22N2O/c20-17(16-12-18-8-10-19(16)11-9-18)15-7-2-1-6-14(15)13-4-3-5-13/h1-2,6-7,13,16H,3-5,8-12H2. The van der Waals surface area contributed by atoms with Gasteiger partial charge in [-0.25, -0.2) is 0 Å². The molecule has 3 saturated heterocycles. The van der Waals surface area contributed by atoms with Crippen LogP contribution in [0.2, 0.25) is 0 Å². The Labute approximate surface area is 120 Å². The smallest absolute Gasteiger partial charge is 0.181 e. The van der Waals surface area contributed by atoms with Crippen molar-refractivity contribution >= 4 is 5.78 Å². The Bertz CT molecular complexity index is 515. The van der Waals surface area contributed by atoms with Gasteiger partial charge in [0.1, 0.15) is 0 Å². The van der Waals surface area contributed by atoms with Crippen molar-refractivity contribution in [2.45, 2.75) is 31.2 Å². The lowest BCUT2D eigenvalue weighted by Gasteiger charge is -2.47. The summed E-state index contributed by atoms with van der Waals surface area (Å²) in [5.41, 5.74) is 2.30. The van der Waals surface area contributed by atoms with E-state index in [4.69, 9.17) is 0 Å². The summed E-state index contributed by atoms with van der Waals surface area (Å²) in [6.07, 6.45) is 3.83. The van der Waals surface area contributed by atoms with Crippen molar-refractivity contribution in [3.05, 3.63) is 35.4 Å². The van der Waals surface area contributed by atoms with Gasteiger partial charge in [-0.3, -0.25) is 14.6 Å². The zero-order valence-electron chi connectivity index (χ0n) is 11.9. The number of rotatable bonds is 3. The first kappa shape index (κ1) is 12.5. The fourth-order valence-electron chi connectivity index (χ4n) is 3.84. The number of Topliss-reactive ketones (excluding diaryl/α,β-unsaturated/α-hetero) is 1. The van der Waals surface area contributed by atoms with E-state index in [1.165, 1.54) is 24.8 Å². The average Bonchev–Trinajstić information content (AvgIpc) is 2.46. The third-order valence-corrected chi connectivity index (χ3v) is 5.35. The van der Waals surface area contributed by atoms with Crippen molar-refractivity contribution in [3.8, 4) is 0 Å². The fourth-order valence-corrected chi connectivity index (χ4v) is 3.84. The van der Waals surface area contributed by atoms with Gasteiger partial charge in [0.2, 0.25) is 0 Å². The second-order valence-electron chi connectivity index (χ2n) is 6.43. The molecule has 0 amide bonds. The molecule has 1 atom stereocenters. The maximum atomic E-state index is 13.0. The number of benzene rings is 1. The molecule has 1 saturated carbocycles. The number of hydrogen-bond donors (Lipinski definition) is 0. The molecular weight excluding hydrogens is 248 g/mol. The number of carbonyl (C=O) groups excluding carboxylic acids is 1. The summed E-state index contributed by atoms with van der Waals surface area (Å²) in [4.78, 5) is 17.8. The van der Waals surface area contributed by atoms with E-state index >= 15 is 0 Å². The molecule has 0 radical (unpaired) electrons. The van der Waals surface area contributed by atoms with Gasteiger partial charge in [0.25, 0.3) is 0 Å². The molecule has 3 heterocycles. The van der Waals surface area contributed by atoms with Gasteiger partial charge >= 0.3 is 0 Å². The van der Waals surface area contributed by atoms with Crippen LogP contribution in [0.25, 0.3) is 0 Å². The van der Waals surface area contributed by atoms with Gasteiger partial charge in [-0.15, -0.1) is 0 Å². The lowest BCUT2D eigenvalue weighted by Crippen LogP contribution is -2.63. The molecule has 1 aromatic rings. The van der Waals surface area contributed by atoms with Crippen molar-refractivity contribution in [1.82, 2.24) is 9.80 Å². The minimum atomic E-state index is 0.0960. The number of carbonyl (C=O) groups is 1. The molecule has 1 unspecified atom stereocenters. The second-order valence-corrected chi connectivity index (χ2v) is 6.43. The summed E-state index contributed by atoms with van der Waals surface area (Å²) in [5, 5.41) is 0. The molecule has 3 aliphatic heterocycles. The van der Waals surface area contributed by atoms with Gasteiger partial charge in [-0.2, -0.15) is 0 Å². The zero-order valence-corrected chi connectivity index (χ0v) is 11.9. The van der Waals surface area contributed by atoms with E-state index in [0.29, 0.717) is 11.7 Å².